The average molecular weight is 599 g/mol. The normalized spacial score (nSPS) is 29.5. The zero-order valence-electron chi connectivity index (χ0n) is 27.2. The Kier molecular flexibility index (Phi) is 8.78. The van der Waals surface area contributed by atoms with Crippen LogP contribution in [0.4, 0.5) is 0 Å². The maximum atomic E-state index is 14.6. The van der Waals surface area contributed by atoms with Gasteiger partial charge in [-0.1, -0.05) is 60.3 Å². The molecule has 5 fully saturated rings. The van der Waals surface area contributed by atoms with E-state index in [1.807, 2.05) is 25.7 Å². The molecule has 2 spiro atoms. The van der Waals surface area contributed by atoms with Crippen LogP contribution in [0, 0.1) is 45.3 Å². The van der Waals surface area contributed by atoms with Gasteiger partial charge in [-0.15, -0.1) is 0 Å². The van der Waals surface area contributed by atoms with Crippen molar-refractivity contribution in [1.29, 1.82) is 0 Å². The molecule has 2 amide bonds. The second kappa shape index (κ2) is 11.7. The largest absolute Gasteiger partial charge is 0.381 e. The number of hydrogen-bond donors (Lipinski definition) is 1. The van der Waals surface area contributed by atoms with Gasteiger partial charge < -0.3 is 15.4 Å². The van der Waals surface area contributed by atoms with Crippen LogP contribution in [0.15, 0.2) is 0 Å². The van der Waals surface area contributed by atoms with Crippen molar-refractivity contribution >= 4 is 29.2 Å². The highest BCUT2D eigenvalue weighted by Gasteiger charge is 2.85. The highest BCUT2D eigenvalue weighted by molar-refractivity contribution is 6.36. The van der Waals surface area contributed by atoms with E-state index in [0.29, 0.717) is 50.9 Å². The van der Waals surface area contributed by atoms with E-state index in [4.69, 9.17) is 10.5 Å². The summed E-state index contributed by atoms with van der Waals surface area (Å²) in [4.78, 5) is 68.8. The Morgan fingerprint density at radius 1 is 0.907 bits per heavy atom. The van der Waals surface area contributed by atoms with Gasteiger partial charge in [-0.2, -0.15) is 0 Å². The average Bonchev–Trinajstić information content (AvgIpc) is 3.11. The molecule has 0 bridgehead atoms. The van der Waals surface area contributed by atoms with Crippen molar-refractivity contribution in [2.24, 2.45) is 51.1 Å². The molecule has 2 heterocycles. The zero-order valence-corrected chi connectivity index (χ0v) is 27.2. The smallest absolute Gasteiger partial charge is 0.285 e. The second-order valence-electron chi connectivity index (χ2n) is 16.4. The SMILES string of the molecule is CC(C)(C)[C@H](CC(=O)CC1CCOCC1)C(=O)N1C[C@]2(C[C@H]1C(=O)CC(CC1CCC1)C(=O)C(N)=O)C(C)(C)C21CCC1. The lowest BCUT2D eigenvalue weighted by Gasteiger charge is -2.36. The molecule has 3 saturated carbocycles. The number of carbonyl (C=O) groups excluding carboxylic acids is 5. The van der Waals surface area contributed by atoms with E-state index in [-0.39, 0.29) is 46.6 Å². The Bertz CT molecular complexity index is 1140. The molecule has 1 unspecified atom stereocenters. The van der Waals surface area contributed by atoms with Crippen molar-refractivity contribution in [1.82, 2.24) is 4.90 Å². The molecule has 240 valence electrons. The molecule has 5 aliphatic rings. The number of nitrogens with zero attached hydrogens (tertiary/aromatic N) is 1. The van der Waals surface area contributed by atoms with Crippen LogP contribution in [0.1, 0.15) is 118 Å². The van der Waals surface area contributed by atoms with Gasteiger partial charge in [-0.3, -0.25) is 24.0 Å². The maximum absolute atomic E-state index is 14.6. The molecule has 2 aliphatic heterocycles. The molecule has 0 aromatic heterocycles. The van der Waals surface area contributed by atoms with Gasteiger partial charge in [0, 0.05) is 56.3 Å². The molecule has 0 aromatic rings. The number of amides is 2. The summed E-state index contributed by atoms with van der Waals surface area (Å²) in [6, 6.07) is -0.647. The Morgan fingerprint density at radius 3 is 2.05 bits per heavy atom. The molecule has 8 nitrogen and oxygen atoms in total. The fourth-order valence-corrected chi connectivity index (χ4v) is 9.66. The number of rotatable bonds is 12. The number of ether oxygens (including phenoxy) is 1. The fraction of sp³-hybridized carbons (Fsp3) is 0.857. The zero-order chi connectivity index (χ0) is 31.4. The molecule has 4 atom stereocenters. The first kappa shape index (κ1) is 32.3. The monoisotopic (exact) mass is 598 g/mol. The number of fused-ring (bicyclic) bond motifs is 1. The number of ketones is 3. The topological polar surface area (TPSA) is 124 Å². The summed E-state index contributed by atoms with van der Waals surface area (Å²) in [6.45, 7) is 12.5. The fourth-order valence-electron chi connectivity index (χ4n) is 9.66. The molecule has 43 heavy (non-hydrogen) atoms. The van der Waals surface area contributed by atoms with Crippen molar-refractivity contribution in [3.05, 3.63) is 0 Å². The van der Waals surface area contributed by atoms with E-state index < -0.39 is 35.0 Å². The van der Waals surface area contributed by atoms with Crippen LogP contribution >= 0.6 is 0 Å². The summed E-state index contributed by atoms with van der Waals surface area (Å²) < 4.78 is 5.46. The minimum atomic E-state index is -0.986. The summed E-state index contributed by atoms with van der Waals surface area (Å²) in [6.07, 6.45) is 9.90. The van der Waals surface area contributed by atoms with Gasteiger partial charge in [0.1, 0.15) is 5.78 Å². The first-order valence-electron chi connectivity index (χ1n) is 16.9. The van der Waals surface area contributed by atoms with Gasteiger partial charge in [0.2, 0.25) is 11.7 Å². The van der Waals surface area contributed by atoms with E-state index in [0.717, 1.165) is 44.9 Å². The second-order valence-corrected chi connectivity index (χ2v) is 16.4. The molecule has 8 heteroatoms. The van der Waals surface area contributed by atoms with Crippen LogP contribution in [0.2, 0.25) is 0 Å². The standard InChI is InChI=1S/C35H54N2O6/c1-32(2,3)26(19-25(38)17-23-10-14-43-15-11-23)31(42)37-21-35(33(4,5)34(35)12-7-13-34)20-27(37)28(39)18-24(29(40)30(36)41)16-22-8-6-9-22/h22-24,26-27H,6-21H2,1-5H3,(H2,36,41)/t24?,26-,27+,35-/m1/s1. The van der Waals surface area contributed by atoms with Crippen LogP contribution in [-0.4, -0.2) is 59.9 Å². The highest BCUT2D eigenvalue weighted by Crippen LogP contribution is 2.88. The molecular weight excluding hydrogens is 544 g/mol. The Balaban J connectivity index is 1.39. The predicted octanol–water partition coefficient (Wildman–Crippen LogP) is 5.04. The summed E-state index contributed by atoms with van der Waals surface area (Å²) >= 11 is 0. The summed E-state index contributed by atoms with van der Waals surface area (Å²) in [5.74, 6) is -2.44. The Morgan fingerprint density at radius 2 is 1.56 bits per heavy atom. The van der Waals surface area contributed by atoms with Crippen molar-refractivity contribution in [2.45, 2.75) is 124 Å². The highest BCUT2D eigenvalue weighted by atomic mass is 16.5. The lowest BCUT2D eigenvalue weighted by Crippen LogP contribution is -2.48. The van der Waals surface area contributed by atoms with Gasteiger partial charge in [0.05, 0.1) is 6.04 Å². The number of nitrogens with two attached hydrogens (primary N) is 1. The molecular formula is C35H54N2O6. The van der Waals surface area contributed by atoms with E-state index in [1.165, 1.54) is 6.42 Å². The van der Waals surface area contributed by atoms with Crippen molar-refractivity contribution in [3.63, 3.8) is 0 Å². The minimum Gasteiger partial charge on any atom is -0.381 e. The van der Waals surface area contributed by atoms with E-state index in [1.54, 1.807) is 0 Å². The third kappa shape index (κ3) is 5.63. The van der Waals surface area contributed by atoms with E-state index >= 15 is 0 Å². The van der Waals surface area contributed by atoms with Crippen molar-refractivity contribution in [2.75, 3.05) is 19.8 Å². The maximum Gasteiger partial charge on any atom is 0.285 e. The predicted molar refractivity (Wildman–Crippen MR) is 163 cm³/mol. The van der Waals surface area contributed by atoms with Crippen LogP contribution in [0.5, 0.6) is 0 Å². The van der Waals surface area contributed by atoms with Crippen molar-refractivity contribution in [3.8, 4) is 0 Å². The third-order valence-electron chi connectivity index (χ3n) is 13.0. The number of primary amides is 1. The molecule has 5 rings (SSSR count). The third-order valence-corrected chi connectivity index (χ3v) is 13.0. The number of carbonyl (C=O) groups is 5. The van der Waals surface area contributed by atoms with Gasteiger partial charge >= 0.3 is 0 Å². The van der Waals surface area contributed by atoms with Gasteiger partial charge in [-0.25, -0.2) is 0 Å². The van der Waals surface area contributed by atoms with Crippen molar-refractivity contribution < 1.29 is 28.7 Å². The Labute approximate surface area is 257 Å². The Hall–Kier alpha value is -2.09. The summed E-state index contributed by atoms with van der Waals surface area (Å²) in [5.41, 5.74) is 4.97. The lowest BCUT2D eigenvalue weighted by atomic mass is 9.73. The number of likely N-dealkylation sites (tertiary alicyclic amines) is 1. The molecule has 0 aromatic carbocycles. The first-order chi connectivity index (χ1) is 20.1. The van der Waals surface area contributed by atoms with Crippen LogP contribution in [0.25, 0.3) is 0 Å². The van der Waals surface area contributed by atoms with Gasteiger partial charge in [0.15, 0.2) is 5.78 Å². The van der Waals surface area contributed by atoms with Gasteiger partial charge in [-0.05, 0) is 66.6 Å². The summed E-state index contributed by atoms with van der Waals surface area (Å²) in [5, 5.41) is 0. The van der Waals surface area contributed by atoms with E-state index in [9.17, 15) is 24.0 Å². The molecule has 0 radical (unpaired) electrons. The van der Waals surface area contributed by atoms with Crippen LogP contribution < -0.4 is 5.73 Å². The molecule has 2 N–H and O–H groups in total. The number of hydrogen-bond acceptors (Lipinski definition) is 6. The quantitative estimate of drug-likeness (QED) is 0.314. The van der Waals surface area contributed by atoms with E-state index in [2.05, 4.69) is 13.8 Å². The van der Waals surface area contributed by atoms with Crippen LogP contribution in [-0.2, 0) is 28.7 Å². The molecule has 2 saturated heterocycles. The summed E-state index contributed by atoms with van der Waals surface area (Å²) in [7, 11) is 0. The van der Waals surface area contributed by atoms with Gasteiger partial charge in [0.25, 0.3) is 5.91 Å². The number of Topliss-reactive ketones (excluding diaryl/α,β-unsaturated/α-hetero) is 3. The van der Waals surface area contributed by atoms with Crippen LogP contribution in [0.3, 0.4) is 0 Å². The first-order valence-corrected chi connectivity index (χ1v) is 16.9. The minimum absolute atomic E-state index is 0.0102. The lowest BCUT2D eigenvalue weighted by molar-refractivity contribution is -0.147. The molecule has 3 aliphatic carbocycles.